The molecule has 0 saturated carbocycles. The van der Waals surface area contributed by atoms with Crippen LogP contribution in [0.5, 0.6) is 0 Å². The minimum atomic E-state index is -0.0575. The molecule has 0 saturated heterocycles. The second kappa shape index (κ2) is 5.72. The van der Waals surface area contributed by atoms with Gasteiger partial charge in [0.1, 0.15) is 6.54 Å². The first-order valence-corrected chi connectivity index (χ1v) is 7.18. The Labute approximate surface area is 126 Å². The van der Waals surface area contributed by atoms with E-state index in [9.17, 15) is 4.79 Å². The van der Waals surface area contributed by atoms with Crippen LogP contribution in [0.25, 0.3) is 0 Å². The van der Waals surface area contributed by atoms with E-state index in [-0.39, 0.29) is 17.9 Å². The minimum Gasteiger partial charge on any atom is -0.324 e. The number of hydrogen-bond acceptors (Lipinski definition) is 2. The normalized spacial score (nSPS) is 11.5. The van der Waals surface area contributed by atoms with E-state index < -0.39 is 0 Å². The Bertz CT molecular complexity index is 650. The van der Waals surface area contributed by atoms with Gasteiger partial charge in [-0.15, -0.1) is 0 Å². The van der Waals surface area contributed by atoms with Crippen LogP contribution in [-0.4, -0.2) is 15.7 Å². The number of amides is 1. The van der Waals surface area contributed by atoms with Crippen molar-refractivity contribution in [1.29, 1.82) is 0 Å². The molecule has 4 nitrogen and oxygen atoms in total. The first-order chi connectivity index (χ1) is 9.77. The van der Waals surface area contributed by atoms with Gasteiger partial charge in [0.15, 0.2) is 0 Å². The molecule has 2 rings (SSSR count). The molecule has 1 amide bonds. The summed E-state index contributed by atoms with van der Waals surface area (Å²) >= 11 is 0. The van der Waals surface area contributed by atoms with E-state index in [1.807, 2.05) is 38.1 Å². The van der Waals surface area contributed by atoms with Crippen molar-refractivity contribution in [3.05, 3.63) is 47.3 Å². The fourth-order valence-corrected chi connectivity index (χ4v) is 2.41. The molecule has 21 heavy (non-hydrogen) atoms. The van der Waals surface area contributed by atoms with Crippen molar-refractivity contribution in [3.8, 4) is 0 Å². The van der Waals surface area contributed by atoms with Gasteiger partial charge in [0.05, 0.1) is 5.69 Å². The van der Waals surface area contributed by atoms with Crippen molar-refractivity contribution in [2.75, 3.05) is 5.32 Å². The SMILES string of the molecule is Cc1cc(C)n(CC(=O)Nc2ccccc2C(C)(C)C)n1. The fraction of sp³-hybridized carbons (Fsp3) is 0.412. The maximum Gasteiger partial charge on any atom is 0.246 e. The number of rotatable bonds is 3. The van der Waals surface area contributed by atoms with Gasteiger partial charge in [-0.1, -0.05) is 39.0 Å². The molecule has 112 valence electrons. The van der Waals surface area contributed by atoms with Crippen LogP contribution in [-0.2, 0) is 16.8 Å². The molecular weight excluding hydrogens is 262 g/mol. The summed E-state index contributed by atoms with van der Waals surface area (Å²) in [5.74, 6) is -0.0575. The highest BCUT2D eigenvalue weighted by Gasteiger charge is 2.18. The maximum atomic E-state index is 12.3. The molecule has 0 bridgehead atoms. The highest BCUT2D eigenvalue weighted by atomic mass is 16.2. The van der Waals surface area contributed by atoms with Crippen molar-refractivity contribution in [2.45, 2.75) is 46.6 Å². The second-order valence-electron chi connectivity index (χ2n) is 6.43. The summed E-state index contributed by atoms with van der Waals surface area (Å²) in [6.07, 6.45) is 0. The number of aryl methyl sites for hydroxylation is 2. The number of nitrogens with one attached hydrogen (secondary N) is 1. The number of benzene rings is 1. The minimum absolute atomic E-state index is 0.0118. The first kappa shape index (κ1) is 15.3. The smallest absolute Gasteiger partial charge is 0.246 e. The lowest BCUT2D eigenvalue weighted by Gasteiger charge is -2.23. The molecule has 0 unspecified atom stereocenters. The van der Waals surface area contributed by atoms with E-state index in [1.54, 1.807) is 4.68 Å². The molecule has 0 spiro atoms. The molecule has 1 aromatic carbocycles. The Morgan fingerprint density at radius 2 is 1.90 bits per heavy atom. The Hall–Kier alpha value is -2.10. The quantitative estimate of drug-likeness (QED) is 0.939. The van der Waals surface area contributed by atoms with E-state index in [0.29, 0.717) is 0 Å². The Morgan fingerprint density at radius 3 is 2.48 bits per heavy atom. The third kappa shape index (κ3) is 3.72. The van der Waals surface area contributed by atoms with Gasteiger partial charge in [0, 0.05) is 11.4 Å². The van der Waals surface area contributed by atoms with Gasteiger partial charge in [0.25, 0.3) is 0 Å². The summed E-state index contributed by atoms with van der Waals surface area (Å²) in [6, 6.07) is 9.90. The summed E-state index contributed by atoms with van der Waals surface area (Å²) in [5, 5.41) is 7.32. The van der Waals surface area contributed by atoms with Crippen LogP contribution in [0.1, 0.15) is 37.7 Å². The van der Waals surface area contributed by atoms with Crippen LogP contribution in [0.2, 0.25) is 0 Å². The van der Waals surface area contributed by atoms with E-state index in [2.05, 4.69) is 37.3 Å². The standard InChI is InChI=1S/C17H23N3O/c1-12-10-13(2)20(19-12)11-16(21)18-15-9-7-6-8-14(15)17(3,4)5/h6-10H,11H2,1-5H3,(H,18,21). The zero-order chi connectivity index (χ0) is 15.6. The van der Waals surface area contributed by atoms with Gasteiger partial charge in [-0.05, 0) is 37.0 Å². The van der Waals surface area contributed by atoms with Gasteiger partial charge in [-0.25, -0.2) is 0 Å². The molecule has 1 heterocycles. The maximum absolute atomic E-state index is 12.3. The zero-order valence-electron chi connectivity index (χ0n) is 13.4. The molecule has 0 aliphatic rings. The number of carbonyl (C=O) groups is 1. The van der Waals surface area contributed by atoms with E-state index in [0.717, 1.165) is 22.6 Å². The Balaban J connectivity index is 2.15. The van der Waals surface area contributed by atoms with Crippen LogP contribution >= 0.6 is 0 Å². The van der Waals surface area contributed by atoms with Gasteiger partial charge in [-0.3, -0.25) is 9.48 Å². The zero-order valence-corrected chi connectivity index (χ0v) is 13.4. The molecular formula is C17H23N3O. The summed E-state index contributed by atoms with van der Waals surface area (Å²) < 4.78 is 1.73. The molecule has 0 atom stereocenters. The third-order valence-electron chi connectivity index (χ3n) is 3.41. The Morgan fingerprint density at radius 1 is 1.24 bits per heavy atom. The lowest BCUT2D eigenvalue weighted by molar-refractivity contribution is -0.116. The summed E-state index contributed by atoms with van der Waals surface area (Å²) in [6.45, 7) is 10.5. The lowest BCUT2D eigenvalue weighted by Crippen LogP contribution is -2.23. The number of anilines is 1. The van der Waals surface area contributed by atoms with E-state index >= 15 is 0 Å². The van der Waals surface area contributed by atoms with Crippen LogP contribution in [0.4, 0.5) is 5.69 Å². The molecule has 4 heteroatoms. The molecule has 0 aliphatic carbocycles. The highest BCUT2D eigenvalue weighted by Crippen LogP contribution is 2.29. The largest absolute Gasteiger partial charge is 0.324 e. The molecule has 2 aromatic rings. The fourth-order valence-electron chi connectivity index (χ4n) is 2.41. The van der Waals surface area contributed by atoms with Crippen LogP contribution < -0.4 is 5.32 Å². The average molecular weight is 285 g/mol. The number of aromatic nitrogens is 2. The average Bonchev–Trinajstić information content (AvgIpc) is 2.67. The van der Waals surface area contributed by atoms with Crippen molar-refractivity contribution < 1.29 is 4.79 Å². The molecule has 0 fully saturated rings. The molecule has 1 N–H and O–H groups in total. The monoisotopic (exact) mass is 285 g/mol. The summed E-state index contributed by atoms with van der Waals surface area (Å²) in [4.78, 5) is 12.3. The van der Waals surface area contributed by atoms with Crippen molar-refractivity contribution in [2.24, 2.45) is 0 Å². The van der Waals surface area contributed by atoms with Crippen LogP contribution in [0, 0.1) is 13.8 Å². The van der Waals surface area contributed by atoms with Crippen molar-refractivity contribution >= 4 is 11.6 Å². The number of hydrogen-bond donors (Lipinski definition) is 1. The van der Waals surface area contributed by atoms with Crippen molar-refractivity contribution in [3.63, 3.8) is 0 Å². The molecule has 0 aliphatic heterocycles. The van der Waals surface area contributed by atoms with Gasteiger partial charge in [0.2, 0.25) is 5.91 Å². The van der Waals surface area contributed by atoms with Gasteiger partial charge in [-0.2, -0.15) is 5.10 Å². The molecule has 1 aromatic heterocycles. The van der Waals surface area contributed by atoms with E-state index in [4.69, 9.17) is 0 Å². The van der Waals surface area contributed by atoms with Crippen molar-refractivity contribution in [1.82, 2.24) is 9.78 Å². The van der Waals surface area contributed by atoms with Gasteiger partial charge >= 0.3 is 0 Å². The molecule has 0 radical (unpaired) electrons. The Kier molecular flexibility index (Phi) is 4.16. The summed E-state index contributed by atoms with van der Waals surface area (Å²) in [7, 11) is 0. The first-order valence-electron chi connectivity index (χ1n) is 7.18. The van der Waals surface area contributed by atoms with Crippen LogP contribution in [0.15, 0.2) is 30.3 Å². The number of nitrogens with zero attached hydrogens (tertiary/aromatic N) is 2. The van der Waals surface area contributed by atoms with Gasteiger partial charge < -0.3 is 5.32 Å². The number of carbonyl (C=O) groups excluding carboxylic acids is 1. The topological polar surface area (TPSA) is 46.9 Å². The third-order valence-corrected chi connectivity index (χ3v) is 3.41. The predicted octanol–water partition coefficient (Wildman–Crippen LogP) is 3.44. The number of para-hydroxylation sites is 1. The predicted molar refractivity (Wildman–Crippen MR) is 85.5 cm³/mol. The summed E-state index contributed by atoms with van der Waals surface area (Å²) in [5.41, 5.74) is 3.91. The highest BCUT2D eigenvalue weighted by molar-refractivity contribution is 5.91. The lowest BCUT2D eigenvalue weighted by atomic mass is 9.86. The van der Waals surface area contributed by atoms with E-state index in [1.165, 1.54) is 0 Å². The second-order valence-corrected chi connectivity index (χ2v) is 6.43. The van der Waals surface area contributed by atoms with Crippen LogP contribution in [0.3, 0.4) is 0 Å².